The van der Waals surface area contributed by atoms with Gasteiger partial charge in [0.25, 0.3) is 0 Å². The molecule has 0 fully saturated rings. The number of ether oxygens (including phenoxy) is 2. The molecule has 1 rings (SSSR count). The second kappa shape index (κ2) is 12.8. The Labute approximate surface area is 164 Å². The van der Waals surface area contributed by atoms with Crippen molar-refractivity contribution in [3.8, 4) is 11.5 Å². The van der Waals surface area contributed by atoms with Gasteiger partial charge in [0, 0.05) is 12.1 Å². The molecule has 0 N–H and O–H groups in total. The quantitative estimate of drug-likeness (QED) is 0.233. The summed E-state index contributed by atoms with van der Waals surface area (Å²) in [6.07, 6.45) is 4.69. The van der Waals surface area contributed by atoms with Crippen molar-refractivity contribution >= 4 is 28.9 Å². The van der Waals surface area contributed by atoms with Gasteiger partial charge in [-0.2, -0.15) is 4.39 Å². The van der Waals surface area contributed by atoms with Crippen LogP contribution in [0, 0.1) is 0 Å². The van der Waals surface area contributed by atoms with Crippen LogP contribution in [0.25, 0.3) is 0 Å². The van der Waals surface area contributed by atoms with Gasteiger partial charge >= 0.3 is 0 Å². The number of halogens is 3. The van der Waals surface area contributed by atoms with Crippen LogP contribution in [0.2, 0.25) is 5.02 Å². The molecule has 0 aliphatic heterocycles. The van der Waals surface area contributed by atoms with Crippen molar-refractivity contribution in [2.75, 3.05) is 19.8 Å². The van der Waals surface area contributed by atoms with E-state index in [9.17, 15) is 4.39 Å². The number of rotatable bonds is 12. The largest absolute Gasteiger partial charge is 0.492 e. The molecule has 0 unspecified atom stereocenters. The molecule has 0 bridgehead atoms. The molecule has 0 saturated heterocycles. The van der Waals surface area contributed by atoms with Crippen LogP contribution < -0.4 is 9.47 Å². The highest BCUT2D eigenvalue weighted by Crippen LogP contribution is 2.34. The molecular formula is C19H26Cl2FNO3. The summed E-state index contributed by atoms with van der Waals surface area (Å²) in [6, 6.07) is 3.51. The lowest BCUT2D eigenvalue weighted by atomic mass is 10.1. The second-order valence-corrected chi connectivity index (χ2v) is 6.60. The van der Waals surface area contributed by atoms with Crippen LogP contribution in [-0.4, -0.2) is 25.5 Å². The van der Waals surface area contributed by atoms with Crippen LogP contribution in [0.4, 0.5) is 4.39 Å². The lowest BCUT2D eigenvalue weighted by Gasteiger charge is -2.14. The third-order valence-corrected chi connectivity index (χ3v) is 3.77. The smallest absolute Gasteiger partial charge is 0.188 e. The minimum Gasteiger partial charge on any atom is -0.492 e. The maximum absolute atomic E-state index is 12.5. The zero-order valence-corrected chi connectivity index (χ0v) is 17.0. The molecule has 0 saturated carbocycles. The molecule has 7 heteroatoms. The first-order chi connectivity index (χ1) is 12.4. The molecule has 1 aromatic rings. The number of nitrogens with zero attached hydrogens (tertiary/aromatic N) is 1. The van der Waals surface area contributed by atoms with E-state index in [1.807, 2.05) is 26.8 Å². The van der Waals surface area contributed by atoms with Crippen molar-refractivity contribution in [2.45, 2.75) is 46.5 Å². The number of oxime groups is 1. The monoisotopic (exact) mass is 405 g/mol. The summed E-state index contributed by atoms with van der Waals surface area (Å²) in [6.45, 7) is 7.02. The van der Waals surface area contributed by atoms with E-state index in [0.29, 0.717) is 29.7 Å². The summed E-state index contributed by atoms with van der Waals surface area (Å²) >= 11 is 11.4. The Morgan fingerprint density at radius 1 is 1.15 bits per heavy atom. The third-order valence-electron chi connectivity index (χ3n) is 3.34. The summed E-state index contributed by atoms with van der Waals surface area (Å²) < 4.78 is 23.8. The molecule has 0 aliphatic rings. The molecule has 1 aromatic carbocycles. The van der Waals surface area contributed by atoms with E-state index in [-0.39, 0.29) is 6.61 Å². The Morgan fingerprint density at radius 2 is 1.88 bits per heavy atom. The van der Waals surface area contributed by atoms with E-state index < -0.39 is 5.29 Å². The fourth-order valence-electron chi connectivity index (χ4n) is 2.13. The SMILES string of the molecule is CCc1cc(OC/C=C(/F)Cl)cc(Cl)c1OCCCCCON=C(C)C. The van der Waals surface area contributed by atoms with Crippen LogP contribution in [0.15, 0.2) is 28.7 Å². The summed E-state index contributed by atoms with van der Waals surface area (Å²) in [5, 5.41) is 3.57. The molecule has 0 heterocycles. The Hall–Kier alpha value is -1.46. The standard InChI is InChI=1S/C19H26Cl2FNO3/c1-4-15-12-16(24-11-8-18(21)22)13-17(20)19(15)25-9-6-5-7-10-26-23-14(2)3/h8,12-13H,4-7,9-11H2,1-3H3/b18-8+. The van der Waals surface area contributed by atoms with Gasteiger partial charge in [-0.1, -0.05) is 35.3 Å². The summed E-state index contributed by atoms with van der Waals surface area (Å²) in [5.41, 5.74) is 1.85. The van der Waals surface area contributed by atoms with Crippen LogP contribution >= 0.6 is 23.2 Å². The van der Waals surface area contributed by atoms with Crippen molar-refractivity contribution < 1.29 is 18.7 Å². The van der Waals surface area contributed by atoms with Crippen LogP contribution in [-0.2, 0) is 11.3 Å². The number of aryl methyl sites for hydroxylation is 1. The molecule has 26 heavy (non-hydrogen) atoms. The highest BCUT2D eigenvalue weighted by Gasteiger charge is 2.11. The van der Waals surface area contributed by atoms with Crippen LogP contribution in [0.1, 0.15) is 45.6 Å². The maximum atomic E-state index is 12.5. The minimum absolute atomic E-state index is 0.0404. The first-order valence-electron chi connectivity index (χ1n) is 8.66. The van der Waals surface area contributed by atoms with E-state index in [1.165, 1.54) is 0 Å². The molecule has 0 atom stereocenters. The first-order valence-corrected chi connectivity index (χ1v) is 9.42. The number of benzene rings is 1. The van der Waals surface area contributed by atoms with E-state index >= 15 is 0 Å². The van der Waals surface area contributed by atoms with E-state index in [2.05, 4.69) is 5.16 Å². The van der Waals surface area contributed by atoms with Gasteiger partial charge in [0.1, 0.15) is 24.7 Å². The molecule has 0 amide bonds. The maximum Gasteiger partial charge on any atom is 0.188 e. The summed E-state index contributed by atoms with van der Waals surface area (Å²) in [7, 11) is 0. The predicted octanol–water partition coefficient (Wildman–Crippen LogP) is 6.29. The Balaban J connectivity index is 2.46. The average molecular weight is 406 g/mol. The van der Waals surface area contributed by atoms with Gasteiger partial charge in [-0.05, 0) is 51.2 Å². The fourth-order valence-corrected chi connectivity index (χ4v) is 2.47. The Bertz CT molecular complexity index is 613. The molecule has 0 aliphatic carbocycles. The number of hydrogen-bond acceptors (Lipinski definition) is 4. The van der Waals surface area contributed by atoms with Crippen molar-refractivity contribution in [3.05, 3.63) is 34.1 Å². The normalized spacial score (nSPS) is 11.2. The zero-order chi connectivity index (χ0) is 19.4. The summed E-state index contributed by atoms with van der Waals surface area (Å²) in [4.78, 5) is 5.15. The average Bonchev–Trinajstić information content (AvgIpc) is 2.57. The van der Waals surface area contributed by atoms with Crippen LogP contribution in [0.5, 0.6) is 11.5 Å². The van der Waals surface area contributed by atoms with Gasteiger partial charge in [-0.3, -0.25) is 0 Å². The second-order valence-electron chi connectivity index (χ2n) is 5.83. The van der Waals surface area contributed by atoms with Gasteiger partial charge in [0.05, 0.1) is 17.3 Å². The third kappa shape index (κ3) is 9.30. The van der Waals surface area contributed by atoms with Crippen molar-refractivity contribution in [3.63, 3.8) is 0 Å². The molecule has 4 nitrogen and oxygen atoms in total. The van der Waals surface area contributed by atoms with Gasteiger partial charge in [-0.15, -0.1) is 0 Å². The zero-order valence-electron chi connectivity index (χ0n) is 15.5. The highest BCUT2D eigenvalue weighted by atomic mass is 35.5. The van der Waals surface area contributed by atoms with Crippen molar-refractivity contribution in [1.82, 2.24) is 0 Å². The molecule has 146 valence electrons. The van der Waals surface area contributed by atoms with Crippen molar-refractivity contribution in [2.24, 2.45) is 5.16 Å². The lowest BCUT2D eigenvalue weighted by Crippen LogP contribution is -2.03. The first kappa shape index (κ1) is 22.6. The Morgan fingerprint density at radius 3 is 2.54 bits per heavy atom. The van der Waals surface area contributed by atoms with E-state index in [4.69, 9.17) is 37.5 Å². The molecule has 0 radical (unpaired) electrons. The van der Waals surface area contributed by atoms with Gasteiger partial charge in [-0.25, -0.2) is 0 Å². The van der Waals surface area contributed by atoms with Gasteiger partial charge in [0.2, 0.25) is 0 Å². The molecule has 0 aromatic heterocycles. The van der Waals surface area contributed by atoms with Gasteiger partial charge in [0.15, 0.2) is 5.29 Å². The highest BCUT2D eigenvalue weighted by molar-refractivity contribution is 6.32. The topological polar surface area (TPSA) is 40.0 Å². The van der Waals surface area contributed by atoms with Crippen LogP contribution in [0.3, 0.4) is 0 Å². The summed E-state index contributed by atoms with van der Waals surface area (Å²) in [5.74, 6) is 1.22. The molecular weight excluding hydrogens is 380 g/mol. The number of unbranched alkanes of at least 4 members (excludes halogenated alkanes) is 2. The van der Waals surface area contributed by atoms with E-state index in [0.717, 1.165) is 43.0 Å². The fraction of sp³-hybridized carbons (Fsp3) is 0.526. The lowest BCUT2D eigenvalue weighted by molar-refractivity contribution is 0.138. The van der Waals surface area contributed by atoms with Gasteiger partial charge < -0.3 is 14.3 Å². The molecule has 0 spiro atoms. The van der Waals surface area contributed by atoms with Crippen molar-refractivity contribution in [1.29, 1.82) is 0 Å². The Kier molecular flexibility index (Phi) is 11.1. The minimum atomic E-state index is -0.797. The van der Waals surface area contributed by atoms with E-state index in [1.54, 1.807) is 6.07 Å². The predicted molar refractivity (Wildman–Crippen MR) is 105 cm³/mol. The number of hydrogen-bond donors (Lipinski definition) is 0.